The van der Waals surface area contributed by atoms with Crippen molar-refractivity contribution < 1.29 is 13.9 Å². The fraction of sp³-hybridized carbons (Fsp3) is 0.429. The van der Waals surface area contributed by atoms with E-state index in [0.29, 0.717) is 17.2 Å². The van der Waals surface area contributed by atoms with Gasteiger partial charge in [-0.25, -0.2) is 14.4 Å². The quantitative estimate of drug-likeness (QED) is 0.651. The first-order valence-electron chi connectivity index (χ1n) is 9.85. The molecule has 0 aromatic carbocycles. The Morgan fingerprint density at radius 3 is 2.57 bits per heavy atom. The van der Waals surface area contributed by atoms with Gasteiger partial charge in [0.05, 0.1) is 22.5 Å². The predicted octanol–water partition coefficient (Wildman–Crippen LogP) is 4.53. The van der Waals surface area contributed by atoms with Crippen molar-refractivity contribution >= 4 is 33.4 Å². The van der Waals surface area contributed by atoms with E-state index < -0.39 is 5.82 Å². The summed E-state index contributed by atoms with van der Waals surface area (Å²) in [5.41, 5.74) is 1.84. The molecule has 0 aliphatic carbocycles. The number of likely N-dealkylation sites (tertiary alicyclic amines) is 1. The second-order valence-electron chi connectivity index (χ2n) is 6.39. The van der Waals surface area contributed by atoms with E-state index in [-0.39, 0.29) is 11.9 Å². The maximum absolute atomic E-state index is 13.4. The average Bonchev–Trinajstić information content (AvgIpc) is 3.16. The molecule has 4 heterocycles. The number of thiophene rings is 1. The van der Waals surface area contributed by atoms with Gasteiger partial charge in [-0.1, -0.05) is 13.8 Å². The molecule has 3 aromatic heterocycles. The van der Waals surface area contributed by atoms with Gasteiger partial charge in [0, 0.05) is 33.5 Å². The third-order valence-electron chi connectivity index (χ3n) is 4.22. The third kappa shape index (κ3) is 5.70. The number of nitrogens with zero attached hydrogens (tertiary/aromatic N) is 4. The Morgan fingerprint density at radius 1 is 1.27 bits per heavy atom. The Hall–Kier alpha value is -2.65. The second-order valence-corrected chi connectivity index (χ2v) is 7.30. The fourth-order valence-corrected chi connectivity index (χ4v) is 3.50. The summed E-state index contributed by atoms with van der Waals surface area (Å²) in [5.74, 6) is -0.107. The molecule has 1 amide bonds. The van der Waals surface area contributed by atoms with E-state index in [0.717, 1.165) is 35.9 Å². The van der Waals surface area contributed by atoms with Crippen LogP contribution in [0.4, 0.5) is 10.3 Å². The number of pyridine rings is 1. The van der Waals surface area contributed by atoms with Crippen molar-refractivity contribution in [3.05, 3.63) is 47.0 Å². The lowest BCUT2D eigenvalue weighted by atomic mass is 10.1. The van der Waals surface area contributed by atoms with E-state index in [1.54, 1.807) is 25.3 Å². The van der Waals surface area contributed by atoms with Crippen molar-refractivity contribution in [1.29, 1.82) is 0 Å². The lowest BCUT2D eigenvalue weighted by Crippen LogP contribution is -2.42. The summed E-state index contributed by atoms with van der Waals surface area (Å²) in [5, 5.41) is 5.04. The number of nitrogens with one attached hydrogen (secondary N) is 1. The van der Waals surface area contributed by atoms with Crippen molar-refractivity contribution in [2.45, 2.75) is 33.2 Å². The van der Waals surface area contributed by atoms with Crippen molar-refractivity contribution in [3.8, 4) is 0 Å². The number of amides is 1. The minimum absolute atomic E-state index is 0.0655. The Balaban J connectivity index is 0.000000590. The molecule has 0 radical (unpaired) electrons. The largest absolute Gasteiger partial charge is 0.388 e. The molecule has 0 saturated carbocycles. The van der Waals surface area contributed by atoms with Crippen LogP contribution in [0.25, 0.3) is 10.2 Å². The van der Waals surface area contributed by atoms with Crippen LogP contribution in [0.5, 0.6) is 0 Å². The van der Waals surface area contributed by atoms with E-state index in [1.807, 2.05) is 32.2 Å². The average molecular weight is 434 g/mol. The Kier molecular flexibility index (Phi) is 9.07. The van der Waals surface area contributed by atoms with Crippen molar-refractivity contribution in [1.82, 2.24) is 19.9 Å². The summed E-state index contributed by atoms with van der Waals surface area (Å²) >= 11 is 1.46. The minimum atomic E-state index is -0.394. The number of carbonyl (C=O) groups is 1. The zero-order chi connectivity index (χ0) is 22.1. The zero-order valence-electron chi connectivity index (χ0n) is 18.0. The number of aromatic nitrogens is 3. The number of hydrogen-bond acceptors (Lipinski definition) is 7. The summed E-state index contributed by atoms with van der Waals surface area (Å²) in [6, 6.07) is 3.04. The van der Waals surface area contributed by atoms with E-state index in [1.165, 1.54) is 17.4 Å². The highest BCUT2D eigenvalue weighted by atomic mass is 32.1. The third-order valence-corrected chi connectivity index (χ3v) is 5.13. The normalized spacial score (nSPS) is 13.3. The maximum Gasteiger partial charge on any atom is 0.274 e. The first-order valence-corrected chi connectivity index (χ1v) is 10.7. The number of fused-ring (bicyclic) bond motifs is 1. The lowest BCUT2D eigenvalue weighted by molar-refractivity contribution is 0.0648. The van der Waals surface area contributed by atoms with Crippen molar-refractivity contribution in [3.63, 3.8) is 0 Å². The van der Waals surface area contributed by atoms with Crippen LogP contribution in [0.15, 0.2) is 29.9 Å². The van der Waals surface area contributed by atoms with Crippen LogP contribution in [0, 0.1) is 5.82 Å². The number of halogens is 1. The standard InChI is InChI=1S/C17H16FN5OS.C2H6O.C2H6/c1-10(11-7-12(18)9-19-8-11)20-17-21-13-3-6-25-15(13)14(22-17)16(24)23-4-2-5-23;1-3-2;1-2/h3,6-10H,2,4-5H2,1H3,(H,20,21,22);1-2H3;1-2H3/t10-;;/m0../s1. The minimum Gasteiger partial charge on any atom is -0.388 e. The van der Waals surface area contributed by atoms with Gasteiger partial charge >= 0.3 is 0 Å². The number of methoxy groups -OCH3 is 1. The summed E-state index contributed by atoms with van der Waals surface area (Å²) in [6.45, 7) is 7.40. The maximum atomic E-state index is 13.4. The zero-order valence-corrected chi connectivity index (χ0v) is 18.8. The van der Waals surface area contributed by atoms with Crippen LogP contribution in [0.3, 0.4) is 0 Å². The van der Waals surface area contributed by atoms with E-state index in [4.69, 9.17) is 0 Å². The van der Waals surface area contributed by atoms with Gasteiger partial charge in [0.15, 0.2) is 5.69 Å². The van der Waals surface area contributed by atoms with Gasteiger partial charge in [0.1, 0.15) is 5.82 Å². The molecule has 0 unspecified atom stereocenters. The number of anilines is 1. The number of hydrogen-bond donors (Lipinski definition) is 1. The highest BCUT2D eigenvalue weighted by Crippen LogP contribution is 2.27. The number of carbonyl (C=O) groups excluding carboxylic acids is 1. The fourth-order valence-electron chi connectivity index (χ4n) is 2.68. The van der Waals surface area contributed by atoms with Gasteiger partial charge < -0.3 is 15.0 Å². The molecule has 7 nitrogen and oxygen atoms in total. The topological polar surface area (TPSA) is 80.2 Å². The SMILES string of the molecule is CC.COC.C[C@H](Nc1nc(C(=O)N2CCC2)c2sccc2n1)c1cncc(F)c1. The monoisotopic (exact) mass is 433 g/mol. The van der Waals surface area contributed by atoms with Crippen LogP contribution in [0.1, 0.15) is 49.3 Å². The predicted molar refractivity (Wildman–Crippen MR) is 118 cm³/mol. The summed E-state index contributed by atoms with van der Waals surface area (Å²) in [4.78, 5) is 27.2. The Labute approximate surface area is 180 Å². The number of rotatable bonds is 4. The molecule has 1 atom stereocenters. The molecule has 0 bridgehead atoms. The van der Waals surface area contributed by atoms with Crippen LogP contribution in [-0.2, 0) is 4.74 Å². The summed E-state index contributed by atoms with van der Waals surface area (Å²) in [7, 11) is 3.25. The number of ether oxygens (including phenoxy) is 1. The lowest BCUT2D eigenvalue weighted by Gasteiger charge is -2.30. The van der Waals surface area contributed by atoms with Crippen molar-refractivity contribution in [2.75, 3.05) is 32.6 Å². The van der Waals surface area contributed by atoms with E-state index in [2.05, 4.69) is 25.0 Å². The van der Waals surface area contributed by atoms with Gasteiger partial charge in [-0.3, -0.25) is 9.78 Å². The molecule has 1 aliphatic heterocycles. The molecule has 1 aliphatic rings. The molecule has 1 saturated heterocycles. The molecule has 162 valence electrons. The highest BCUT2D eigenvalue weighted by molar-refractivity contribution is 7.17. The molecule has 1 fully saturated rings. The highest BCUT2D eigenvalue weighted by Gasteiger charge is 2.26. The first-order chi connectivity index (χ1) is 14.5. The molecule has 4 rings (SSSR count). The summed E-state index contributed by atoms with van der Waals surface area (Å²) < 4.78 is 18.4. The first kappa shape index (κ1) is 23.6. The Morgan fingerprint density at radius 2 is 1.97 bits per heavy atom. The molecule has 9 heteroatoms. The Bertz CT molecular complexity index is 961. The van der Waals surface area contributed by atoms with Gasteiger partial charge in [-0.2, -0.15) is 0 Å². The molecular weight excluding hydrogens is 405 g/mol. The van der Waals surface area contributed by atoms with Crippen LogP contribution in [0.2, 0.25) is 0 Å². The van der Waals surface area contributed by atoms with Crippen LogP contribution < -0.4 is 5.32 Å². The molecule has 0 spiro atoms. The smallest absolute Gasteiger partial charge is 0.274 e. The molecular formula is C21H28FN5O2S. The van der Waals surface area contributed by atoms with Crippen LogP contribution in [-0.4, -0.2) is 53.1 Å². The van der Waals surface area contributed by atoms with Gasteiger partial charge in [-0.15, -0.1) is 11.3 Å². The van der Waals surface area contributed by atoms with E-state index in [9.17, 15) is 9.18 Å². The van der Waals surface area contributed by atoms with Gasteiger partial charge in [-0.05, 0) is 36.4 Å². The molecule has 30 heavy (non-hydrogen) atoms. The van der Waals surface area contributed by atoms with Gasteiger partial charge in [0.25, 0.3) is 5.91 Å². The second kappa shape index (κ2) is 11.5. The van der Waals surface area contributed by atoms with Crippen molar-refractivity contribution in [2.24, 2.45) is 0 Å². The summed E-state index contributed by atoms with van der Waals surface area (Å²) in [6.07, 6.45) is 3.78. The van der Waals surface area contributed by atoms with Gasteiger partial charge in [0.2, 0.25) is 5.95 Å². The van der Waals surface area contributed by atoms with E-state index >= 15 is 0 Å². The van der Waals surface area contributed by atoms with Crippen LogP contribution >= 0.6 is 11.3 Å². The molecule has 3 aromatic rings. The molecule has 1 N–H and O–H groups in total.